The molecule has 0 bridgehead atoms. The first-order valence-electron chi connectivity index (χ1n) is 4.80. The van der Waals surface area contributed by atoms with Crippen LogP contribution in [0.2, 0.25) is 5.15 Å². The number of aromatic nitrogens is 1. The number of hydrogen-bond donors (Lipinski definition) is 1. The first-order valence-corrected chi connectivity index (χ1v) is 5.18. The molecule has 5 heteroatoms. The lowest BCUT2D eigenvalue weighted by Gasteiger charge is -2.18. The molecule has 0 radical (unpaired) electrons. The van der Waals surface area contributed by atoms with Gasteiger partial charge in [0.2, 0.25) is 0 Å². The summed E-state index contributed by atoms with van der Waals surface area (Å²) in [6, 6.07) is 3.69. The number of hydrogen-bond acceptors (Lipinski definition) is 3. The molecule has 0 atom stereocenters. The van der Waals surface area contributed by atoms with Crippen LogP contribution in [0.25, 0.3) is 0 Å². The molecule has 1 aromatic heterocycles. The number of aliphatic imine (C=N–C) groups is 1. The van der Waals surface area contributed by atoms with Crippen LogP contribution in [-0.2, 0) is 6.54 Å². The molecule has 0 spiro atoms. The van der Waals surface area contributed by atoms with Crippen molar-refractivity contribution >= 4 is 17.4 Å². The minimum atomic E-state index is 0.304. The summed E-state index contributed by atoms with van der Waals surface area (Å²) in [5.74, 6) is 1.11. The van der Waals surface area contributed by atoms with Crippen molar-refractivity contribution in [1.82, 2.24) is 9.88 Å². The summed E-state index contributed by atoms with van der Waals surface area (Å²) in [5, 5.41) is 0.493. The quantitative estimate of drug-likeness (QED) is 0.498. The maximum absolute atomic E-state index is 5.70. The van der Waals surface area contributed by atoms with Gasteiger partial charge in [0, 0.05) is 19.8 Å². The lowest BCUT2D eigenvalue weighted by atomic mass is 10.3. The monoisotopic (exact) mass is 238 g/mol. The number of nitrogens with two attached hydrogens (primary N) is 1. The van der Waals surface area contributed by atoms with Crippen LogP contribution in [0.15, 0.2) is 35.7 Å². The third kappa shape index (κ3) is 3.90. The molecule has 0 aliphatic rings. The summed E-state index contributed by atoms with van der Waals surface area (Å²) < 4.78 is 0. The first-order chi connectivity index (χ1) is 7.49. The zero-order chi connectivity index (χ0) is 12.1. The highest BCUT2D eigenvalue weighted by Gasteiger charge is 2.02. The maximum Gasteiger partial charge on any atom is 0.129 e. The van der Waals surface area contributed by atoms with Gasteiger partial charge < -0.3 is 10.6 Å². The van der Waals surface area contributed by atoms with Crippen molar-refractivity contribution in [2.45, 2.75) is 13.5 Å². The number of halogens is 1. The Morgan fingerprint density at radius 1 is 1.62 bits per heavy atom. The van der Waals surface area contributed by atoms with Crippen molar-refractivity contribution in [3.05, 3.63) is 41.4 Å². The van der Waals surface area contributed by atoms with Crippen LogP contribution in [-0.4, -0.2) is 22.8 Å². The molecule has 86 valence electrons. The van der Waals surface area contributed by atoms with Crippen molar-refractivity contribution in [2.24, 2.45) is 10.7 Å². The van der Waals surface area contributed by atoms with Crippen molar-refractivity contribution in [3.8, 4) is 0 Å². The van der Waals surface area contributed by atoms with Crippen LogP contribution in [0.4, 0.5) is 0 Å². The zero-order valence-electron chi connectivity index (χ0n) is 9.44. The Balaban J connectivity index is 2.67. The largest absolute Gasteiger partial charge is 0.384 e. The molecule has 0 amide bonds. The Hall–Kier alpha value is -1.55. The summed E-state index contributed by atoms with van der Waals surface area (Å²) >= 11 is 5.70. The smallest absolute Gasteiger partial charge is 0.129 e. The molecule has 0 saturated carbocycles. The average molecular weight is 239 g/mol. The zero-order valence-corrected chi connectivity index (χ0v) is 10.2. The van der Waals surface area contributed by atoms with E-state index in [2.05, 4.69) is 16.6 Å². The van der Waals surface area contributed by atoms with E-state index in [9.17, 15) is 0 Å². The first kappa shape index (κ1) is 12.5. The molecule has 0 fully saturated rings. The Labute approximate surface area is 100 Å². The van der Waals surface area contributed by atoms with Gasteiger partial charge in [0.1, 0.15) is 16.8 Å². The normalized spacial score (nSPS) is 11.3. The topological polar surface area (TPSA) is 54.5 Å². The van der Waals surface area contributed by atoms with Gasteiger partial charge in [-0.25, -0.2) is 9.98 Å². The highest BCUT2D eigenvalue weighted by atomic mass is 35.5. The minimum absolute atomic E-state index is 0.304. The van der Waals surface area contributed by atoms with Gasteiger partial charge in [0.15, 0.2) is 0 Å². The molecular weight excluding hydrogens is 224 g/mol. The minimum Gasteiger partial charge on any atom is -0.384 e. The van der Waals surface area contributed by atoms with Crippen LogP contribution in [0.1, 0.15) is 12.5 Å². The number of pyridine rings is 1. The second-order valence-corrected chi connectivity index (χ2v) is 3.88. The van der Waals surface area contributed by atoms with E-state index in [1.54, 1.807) is 12.3 Å². The van der Waals surface area contributed by atoms with Crippen molar-refractivity contribution < 1.29 is 0 Å². The molecule has 1 rings (SSSR count). The lowest BCUT2D eigenvalue weighted by Crippen LogP contribution is -2.24. The van der Waals surface area contributed by atoms with Crippen LogP contribution >= 0.6 is 11.6 Å². The van der Waals surface area contributed by atoms with E-state index in [-0.39, 0.29) is 0 Å². The average Bonchev–Trinajstić information content (AvgIpc) is 2.20. The van der Waals surface area contributed by atoms with E-state index in [4.69, 9.17) is 17.3 Å². The standard InChI is InChI=1S/C11H15ClN4/c1-8(13)15-9(2)16(3)7-10-4-5-11(12)14-6-10/h4-6H,1,7,13H2,2-3H3/b15-9+. The summed E-state index contributed by atoms with van der Waals surface area (Å²) in [6.45, 7) is 6.11. The van der Waals surface area contributed by atoms with Gasteiger partial charge in [-0.3, -0.25) is 0 Å². The fourth-order valence-corrected chi connectivity index (χ4v) is 1.29. The fraction of sp³-hybridized carbons (Fsp3) is 0.273. The highest BCUT2D eigenvalue weighted by molar-refractivity contribution is 6.29. The van der Waals surface area contributed by atoms with E-state index in [0.717, 1.165) is 11.4 Å². The van der Waals surface area contributed by atoms with Crippen LogP contribution < -0.4 is 5.73 Å². The van der Waals surface area contributed by atoms with Gasteiger partial charge in [-0.05, 0) is 18.6 Å². The molecule has 0 saturated heterocycles. The number of amidine groups is 1. The van der Waals surface area contributed by atoms with Gasteiger partial charge in [-0.15, -0.1) is 0 Å². The molecule has 2 N–H and O–H groups in total. The van der Waals surface area contributed by atoms with Crippen LogP contribution in [0, 0.1) is 0 Å². The van der Waals surface area contributed by atoms with Gasteiger partial charge >= 0.3 is 0 Å². The third-order valence-corrected chi connectivity index (χ3v) is 2.29. The van der Waals surface area contributed by atoms with Crippen molar-refractivity contribution in [3.63, 3.8) is 0 Å². The van der Waals surface area contributed by atoms with E-state index in [1.807, 2.05) is 24.9 Å². The van der Waals surface area contributed by atoms with E-state index in [1.165, 1.54) is 0 Å². The molecular formula is C11H15ClN4. The van der Waals surface area contributed by atoms with Gasteiger partial charge in [0.25, 0.3) is 0 Å². The third-order valence-electron chi connectivity index (χ3n) is 2.07. The van der Waals surface area contributed by atoms with E-state index in [0.29, 0.717) is 17.5 Å². The van der Waals surface area contributed by atoms with Gasteiger partial charge in [0.05, 0.1) is 0 Å². The van der Waals surface area contributed by atoms with Gasteiger partial charge in [-0.1, -0.05) is 24.2 Å². The SMILES string of the molecule is C=C(N)/N=C(\C)N(C)Cc1ccc(Cl)nc1. The van der Waals surface area contributed by atoms with Gasteiger partial charge in [-0.2, -0.15) is 0 Å². The summed E-state index contributed by atoms with van der Waals surface area (Å²) in [5.41, 5.74) is 6.47. The van der Waals surface area contributed by atoms with E-state index < -0.39 is 0 Å². The maximum atomic E-state index is 5.70. The molecule has 1 aromatic rings. The Morgan fingerprint density at radius 2 is 2.31 bits per heavy atom. The Bertz CT molecular complexity index is 397. The molecule has 1 heterocycles. The molecule has 4 nitrogen and oxygen atoms in total. The molecule has 0 aliphatic carbocycles. The second kappa shape index (κ2) is 5.51. The van der Waals surface area contributed by atoms with E-state index >= 15 is 0 Å². The molecule has 0 unspecified atom stereocenters. The fourth-order valence-electron chi connectivity index (χ4n) is 1.18. The summed E-state index contributed by atoms with van der Waals surface area (Å²) in [7, 11) is 1.93. The highest BCUT2D eigenvalue weighted by Crippen LogP contribution is 2.07. The van der Waals surface area contributed by atoms with Crippen LogP contribution in [0.5, 0.6) is 0 Å². The number of nitrogens with zero attached hydrogens (tertiary/aromatic N) is 3. The predicted octanol–water partition coefficient (Wildman–Crippen LogP) is 2.02. The summed E-state index contributed by atoms with van der Waals surface area (Å²) in [6.07, 6.45) is 1.74. The molecule has 0 aliphatic heterocycles. The molecule has 0 aromatic carbocycles. The Morgan fingerprint density at radius 3 is 2.81 bits per heavy atom. The Kier molecular flexibility index (Phi) is 4.31. The van der Waals surface area contributed by atoms with Crippen molar-refractivity contribution in [2.75, 3.05) is 7.05 Å². The van der Waals surface area contributed by atoms with Crippen LogP contribution in [0.3, 0.4) is 0 Å². The predicted molar refractivity (Wildman–Crippen MR) is 67.2 cm³/mol. The summed E-state index contributed by atoms with van der Waals surface area (Å²) in [4.78, 5) is 10.0. The molecule has 16 heavy (non-hydrogen) atoms. The second-order valence-electron chi connectivity index (χ2n) is 3.50. The van der Waals surface area contributed by atoms with Crippen molar-refractivity contribution in [1.29, 1.82) is 0 Å². The lowest BCUT2D eigenvalue weighted by molar-refractivity contribution is 0.496. The number of rotatable bonds is 3.